The summed E-state index contributed by atoms with van der Waals surface area (Å²) in [7, 11) is 0. The SMILES string of the molecule is CC[C@H](C)[C@H](NC(=O)CSc1nc2ccccc2s1)C(=O)O. The summed E-state index contributed by atoms with van der Waals surface area (Å²) in [6.45, 7) is 3.72. The van der Waals surface area contributed by atoms with Gasteiger partial charge in [-0.2, -0.15) is 0 Å². The highest BCUT2D eigenvalue weighted by Gasteiger charge is 2.25. The maximum absolute atomic E-state index is 11.9. The number of carbonyl (C=O) groups excluding carboxylic acids is 1. The lowest BCUT2D eigenvalue weighted by Crippen LogP contribution is -2.45. The van der Waals surface area contributed by atoms with Crippen molar-refractivity contribution in [1.29, 1.82) is 0 Å². The summed E-state index contributed by atoms with van der Waals surface area (Å²) < 4.78 is 1.89. The number of thiazole rings is 1. The van der Waals surface area contributed by atoms with Crippen molar-refractivity contribution in [3.8, 4) is 0 Å². The second kappa shape index (κ2) is 7.60. The number of nitrogens with zero attached hydrogens (tertiary/aromatic N) is 1. The van der Waals surface area contributed by atoms with Gasteiger partial charge in [0.15, 0.2) is 4.34 Å². The molecular formula is C15H18N2O3S2. The van der Waals surface area contributed by atoms with E-state index in [1.807, 2.05) is 38.1 Å². The zero-order chi connectivity index (χ0) is 16.1. The molecule has 2 atom stereocenters. The Hall–Kier alpha value is -1.60. The maximum atomic E-state index is 11.9. The van der Waals surface area contributed by atoms with Crippen LogP contribution in [0.5, 0.6) is 0 Å². The number of para-hydroxylation sites is 1. The highest BCUT2D eigenvalue weighted by molar-refractivity contribution is 8.01. The zero-order valence-electron chi connectivity index (χ0n) is 12.4. The van der Waals surface area contributed by atoms with E-state index in [2.05, 4.69) is 10.3 Å². The molecule has 2 rings (SSSR count). The van der Waals surface area contributed by atoms with Crippen LogP contribution in [0.1, 0.15) is 20.3 Å². The van der Waals surface area contributed by atoms with Crippen molar-refractivity contribution in [2.24, 2.45) is 5.92 Å². The molecule has 7 heteroatoms. The molecule has 1 heterocycles. The molecule has 22 heavy (non-hydrogen) atoms. The molecule has 5 nitrogen and oxygen atoms in total. The van der Waals surface area contributed by atoms with E-state index in [4.69, 9.17) is 0 Å². The average Bonchev–Trinajstić information content (AvgIpc) is 2.92. The van der Waals surface area contributed by atoms with Gasteiger partial charge >= 0.3 is 5.97 Å². The number of hydrogen-bond donors (Lipinski definition) is 2. The molecule has 0 bridgehead atoms. The standard InChI is InChI=1S/C15H18N2O3S2/c1-3-9(2)13(14(19)20)17-12(18)8-21-15-16-10-6-4-5-7-11(10)22-15/h4-7,9,13H,3,8H2,1-2H3,(H,17,18)(H,19,20)/t9-,13-/m0/s1. The lowest BCUT2D eigenvalue weighted by Gasteiger charge is -2.19. The Labute approximate surface area is 137 Å². The minimum absolute atomic E-state index is 0.103. The molecule has 0 aliphatic heterocycles. The Morgan fingerprint density at radius 3 is 2.77 bits per heavy atom. The molecule has 0 saturated heterocycles. The summed E-state index contributed by atoms with van der Waals surface area (Å²) in [6, 6.07) is 6.95. The van der Waals surface area contributed by atoms with Gasteiger partial charge in [0, 0.05) is 0 Å². The predicted octanol–water partition coefficient (Wildman–Crippen LogP) is 3.00. The number of carboxylic acid groups (broad SMARTS) is 1. The van der Waals surface area contributed by atoms with Crippen LogP contribution in [0.15, 0.2) is 28.6 Å². The highest BCUT2D eigenvalue weighted by Crippen LogP contribution is 2.29. The number of carbonyl (C=O) groups is 2. The number of aliphatic carboxylic acids is 1. The van der Waals surface area contributed by atoms with Crippen molar-refractivity contribution < 1.29 is 14.7 Å². The van der Waals surface area contributed by atoms with Crippen LogP contribution in [0, 0.1) is 5.92 Å². The quantitative estimate of drug-likeness (QED) is 0.759. The van der Waals surface area contributed by atoms with Crippen molar-refractivity contribution >= 4 is 45.2 Å². The Kier molecular flexibility index (Phi) is 5.79. The zero-order valence-corrected chi connectivity index (χ0v) is 14.0. The fraction of sp³-hybridized carbons (Fsp3) is 0.400. The molecule has 1 aromatic carbocycles. The topological polar surface area (TPSA) is 79.3 Å². The number of benzene rings is 1. The number of hydrogen-bond acceptors (Lipinski definition) is 5. The van der Waals surface area contributed by atoms with E-state index in [1.165, 1.54) is 23.1 Å². The van der Waals surface area contributed by atoms with Gasteiger partial charge in [-0.05, 0) is 18.1 Å². The van der Waals surface area contributed by atoms with E-state index in [0.29, 0.717) is 6.42 Å². The van der Waals surface area contributed by atoms with Crippen LogP contribution in [0.2, 0.25) is 0 Å². The molecule has 0 aliphatic carbocycles. The lowest BCUT2D eigenvalue weighted by molar-refractivity contribution is -0.143. The van der Waals surface area contributed by atoms with Crippen molar-refractivity contribution in [1.82, 2.24) is 10.3 Å². The summed E-state index contributed by atoms with van der Waals surface area (Å²) in [5, 5.41) is 11.8. The van der Waals surface area contributed by atoms with Gasteiger partial charge in [0.1, 0.15) is 6.04 Å². The Morgan fingerprint density at radius 2 is 2.14 bits per heavy atom. The number of rotatable bonds is 7. The molecule has 0 fully saturated rings. The summed E-state index contributed by atoms with van der Waals surface area (Å²) in [4.78, 5) is 27.6. The van der Waals surface area contributed by atoms with Gasteiger partial charge in [-0.3, -0.25) is 4.79 Å². The normalized spacial score (nSPS) is 13.7. The molecule has 0 saturated carbocycles. The fourth-order valence-electron chi connectivity index (χ4n) is 1.94. The number of nitrogens with one attached hydrogen (secondary N) is 1. The van der Waals surface area contributed by atoms with Gasteiger partial charge in [0.05, 0.1) is 16.0 Å². The first-order valence-electron chi connectivity index (χ1n) is 7.01. The van der Waals surface area contributed by atoms with Crippen LogP contribution in [0.25, 0.3) is 10.2 Å². The molecule has 1 aromatic heterocycles. The van der Waals surface area contributed by atoms with Gasteiger partial charge in [-0.15, -0.1) is 11.3 Å². The largest absolute Gasteiger partial charge is 0.480 e. The van der Waals surface area contributed by atoms with E-state index in [-0.39, 0.29) is 17.6 Å². The van der Waals surface area contributed by atoms with E-state index in [9.17, 15) is 14.7 Å². The van der Waals surface area contributed by atoms with Crippen LogP contribution in [0.3, 0.4) is 0 Å². The Morgan fingerprint density at radius 1 is 1.41 bits per heavy atom. The first-order valence-corrected chi connectivity index (χ1v) is 8.82. The van der Waals surface area contributed by atoms with Crippen LogP contribution in [0.4, 0.5) is 0 Å². The first kappa shape index (κ1) is 16.8. The van der Waals surface area contributed by atoms with E-state index in [1.54, 1.807) is 0 Å². The second-order valence-corrected chi connectivity index (χ2v) is 7.26. The molecule has 0 aliphatic rings. The lowest BCUT2D eigenvalue weighted by atomic mass is 9.99. The number of amides is 1. The summed E-state index contributed by atoms with van der Waals surface area (Å²) in [5.41, 5.74) is 0.915. The van der Waals surface area contributed by atoms with Gasteiger partial charge in [0.25, 0.3) is 0 Å². The molecule has 2 N–H and O–H groups in total. The van der Waals surface area contributed by atoms with Gasteiger partial charge < -0.3 is 10.4 Å². The predicted molar refractivity (Wildman–Crippen MR) is 89.4 cm³/mol. The molecule has 0 unspecified atom stereocenters. The summed E-state index contributed by atoms with van der Waals surface area (Å²) in [5.74, 6) is -1.21. The summed E-state index contributed by atoms with van der Waals surface area (Å²) >= 11 is 2.86. The molecule has 1 amide bonds. The second-order valence-electron chi connectivity index (χ2n) is 5.01. The number of fused-ring (bicyclic) bond motifs is 1. The third-order valence-electron chi connectivity index (χ3n) is 3.40. The summed E-state index contributed by atoms with van der Waals surface area (Å²) in [6.07, 6.45) is 0.697. The molecule has 0 spiro atoms. The van der Waals surface area contributed by atoms with Crippen LogP contribution < -0.4 is 5.32 Å². The van der Waals surface area contributed by atoms with Gasteiger partial charge in [0.2, 0.25) is 5.91 Å². The van der Waals surface area contributed by atoms with Crippen molar-refractivity contribution in [3.05, 3.63) is 24.3 Å². The number of carboxylic acids is 1. The van der Waals surface area contributed by atoms with Crippen molar-refractivity contribution in [2.45, 2.75) is 30.6 Å². The molecular weight excluding hydrogens is 320 g/mol. The van der Waals surface area contributed by atoms with E-state index >= 15 is 0 Å². The monoisotopic (exact) mass is 338 g/mol. The minimum atomic E-state index is -0.993. The van der Waals surface area contributed by atoms with E-state index < -0.39 is 12.0 Å². The van der Waals surface area contributed by atoms with E-state index in [0.717, 1.165) is 14.6 Å². The third kappa shape index (κ3) is 4.20. The molecule has 118 valence electrons. The fourth-order valence-corrected chi connectivity index (χ4v) is 3.82. The number of thioether (sulfide) groups is 1. The van der Waals surface area contributed by atoms with Gasteiger partial charge in [-0.1, -0.05) is 44.2 Å². The Balaban J connectivity index is 1.93. The maximum Gasteiger partial charge on any atom is 0.326 e. The molecule has 2 aromatic rings. The Bertz CT molecular complexity index is 639. The van der Waals surface area contributed by atoms with Crippen molar-refractivity contribution in [3.63, 3.8) is 0 Å². The van der Waals surface area contributed by atoms with Crippen LogP contribution >= 0.6 is 23.1 Å². The molecule has 0 radical (unpaired) electrons. The average molecular weight is 338 g/mol. The third-order valence-corrected chi connectivity index (χ3v) is 5.58. The van der Waals surface area contributed by atoms with Gasteiger partial charge in [-0.25, -0.2) is 9.78 Å². The minimum Gasteiger partial charge on any atom is -0.480 e. The van der Waals surface area contributed by atoms with Crippen LogP contribution in [-0.4, -0.2) is 33.8 Å². The highest BCUT2D eigenvalue weighted by atomic mass is 32.2. The van der Waals surface area contributed by atoms with Crippen LogP contribution in [-0.2, 0) is 9.59 Å². The first-order chi connectivity index (χ1) is 10.5. The smallest absolute Gasteiger partial charge is 0.326 e. The number of aromatic nitrogens is 1. The van der Waals surface area contributed by atoms with Crippen molar-refractivity contribution in [2.75, 3.05) is 5.75 Å².